The zero-order valence-corrected chi connectivity index (χ0v) is 14.7. The fourth-order valence-electron chi connectivity index (χ4n) is 5.53. The molecule has 0 heterocycles. The highest BCUT2D eigenvalue weighted by molar-refractivity contribution is 5.86. The molecule has 0 aliphatic heterocycles. The second-order valence-corrected chi connectivity index (χ2v) is 8.38. The standard InChI is InChI=1S/C20H27N3O/c1-23(2)18-5-3-14(4-6-18)13-21-22-19(24)20-10-15-7-16(11-20)9-17(8-15)12-20/h3-6,13,15-17H,7-12H2,1-2H3,(H,22,24). The van der Waals surface area contributed by atoms with Crippen LogP contribution in [0.3, 0.4) is 0 Å². The molecule has 0 atom stereocenters. The van der Waals surface area contributed by atoms with Gasteiger partial charge in [-0.15, -0.1) is 0 Å². The molecule has 1 amide bonds. The van der Waals surface area contributed by atoms with Crippen LogP contribution in [0.5, 0.6) is 0 Å². The Morgan fingerprint density at radius 1 is 1.08 bits per heavy atom. The van der Waals surface area contributed by atoms with Crippen molar-refractivity contribution in [3.63, 3.8) is 0 Å². The van der Waals surface area contributed by atoms with E-state index in [2.05, 4.69) is 27.6 Å². The van der Waals surface area contributed by atoms with E-state index in [1.807, 2.05) is 26.2 Å². The van der Waals surface area contributed by atoms with Gasteiger partial charge in [0.25, 0.3) is 0 Å². The minimum absolute atomic E-state index is 0.124. The highest BCUT2D eigenvalue weighted by Crippen LogP contribution is 2.60. The van der Waals surface area contributed by atoms with Crippen LogP contribution in [0.1, 0.15) is 44.1 Å². The fourth-order valence-corrected chi connectivity index (χ4v) is 5.53. The first-order chi connectivity index (χ1) is 11.5. The molecule has 24 heavy (non-hydrogen) atoms. The van der Waals surface area contributed by atoms with Gasteiger partial charge in [0.15, 0.2) is 0 Å². The Balaban J connectivity index is 1.39. The van der Waals surface area contributed by atoms with Crippen LogP contribution < -0.4 is 10.3 Å². The molecule has 1 aromatic rings. The summed E-state index contributed by atoms with van der Waals surface area (Å²) in [6, 6.07) is 8.16. The van der Waals surface area contributed by atoms with E-state index >= 15 is 0 Å². The molecule has 0 saturated heterocycles. The molecule has 4 aliphatic carbocycles. The van der Waals surface area contributed by atoms with Crippen LogP contribution in [-0.4, -0.2) is 26.2 Å². The highest BCUT2D eigenvalue weighted by atomic mass is 16.2. The van der Waals surface area contributed by atoms with Crippen molar-refractivity contribution in [3.05, 3.63) is 29.8 Å². The van der Waals surface area contributed by atoms with Gasteiger partial charge in [-0.1, -0.05) is 12.1 Å². The third kappa shape index (κ3) is 2.83. The Bertz CT molecular complexity index is 612. The van der Waals surface area contributed by atoms with E-state index in [1.165, 1.54) is 19.3 Å². The van der Waals surface area contributed by atoms with Gasteiger partial charge in [-0.3, -0.25) is 4.79 Å². The number of amides is 1. The number of hydrogen-bond donors (Lipinski definition) is 1. The van der Waals surface area contributed by atoms with Gasteiger partial charge in [0.2, 0.25) is 5.91 Å². The fraction of sp³-hybridized carbons (Fsp3) is 0.600. The zero-order valence-electron chi connectivity index (χ0n) is 14.7. The van der Waals surface area contributed by atoms with Crippen molar-refractivity contribution >= 4 is 17.8 Å². The molecule has 4 saturated carbocycles. The van der Waals surface area contributed by atoms with Crippen molar-refractivity contribution in [1.29, 1.82) is 0 Å². The first-order valence-corrected chi connectivity index (χ1v) is 9.15. The lowest BCUT2D eigenvalue weighted by Gasteiger charge is -2.55. The molecule has 0 unspecified atom stereocenters. The van der Waals surface area contributed by atoms with Crippen molar-refractivity contribution in [3.8, 4) is 0 Å². The zero-order chi connectivity index (χ0) is 16.7. The van der Waals surface area contributed by atoms with Gasteiger partial charge in [-0.2, -0.15) is 5.10 Å². The number of nitrogens with zero attached hydrogens (tertiary/aromatic N) is 2. The quantitative estimate of drug-likeness (QED) is 0.681. The Labute approximate surface area is 144 Å². The lowest BCUT2D eigenvalue weighted by atomic mass is 9.49. The van der Waals surface area contributed by atoms with Crippen LogP contribution in [-0.2, 0) is 4.79 Å². The average molecular weight is 325 g/mol. The Hall–Kier alpha value is -1.84. The molecule has 4 bridgehead atoms. The number of carbonyl (C=O) groups excluding carboxylic acids is 1. The van der Waals surface area contributed by atoms with Crippen molar-refractivity contribution in [1.82, 2.24) is 5.43 Å². The summed E-state index contributed by atoms with van der Waals surface area (Å²) in [4.78, 5) is 14.9. The lowest BCUT2D eigenvalue weighted by Crippen LogP contribution is -2.52. The summed E-state index contributed by atoms with van der Waals surface area (Å²) in [5.41, 5.74) is 4.88. The van der Waals surface area contributed by atoms with Crippen LogP contribution in [0.25, 0.3) is 0 Å². The minimum atomic E-state index is -0.124. The van der Waals surface area contributed by atoms with E-state index < -0.39 is 0 Å². The lowest BCUT2D eigenvalue weighted by molar-refractivity contribution is -0.146. The summed E-state index contributed by atoms with van der Waals surface area (Å²) in [6.45, 7) is 0. The molecular formula is C20H27N3O. The normalized spacial score (nSPS) is 33.8. The minimum Gasteiger partial charge on any atom is -0.378 e. The number of rotatable bonds is 4. The molecule has 1 aromatic carbocycles. The van der Waals surface area contributed by atoms with E-state index in [4.69, 9.17) is 0 Å². The van der Waals surface area contributed by atoms with Crippen molar-refractivity contribution < 1.29 is 4.79 Å². The van der Waals surface area contributed by atoms with Crippen LogP contribution >= 0.6 is 0 Å². The summed E-state index contributed by atoms with van der Waals surface area (Å²) in [5, 5.41) is 4.24. The third-order valence-electron chi connectivity index (χ3n) is 6.31. The van der Waals surface area contributed by atoms with Crippen molar-refractivity contribution in [2.75, 3.05) is 19.0 Å². The number of carbonyl (C=O) groups is 1. The topological polar surface area (TPSA) is 44.7 Å². The average Bonchev–Trinajstić information content (AvgIpc) is 2.54. The number of benzene rings is 1. The maximum absolute atomic E-state index is 12.8. The van der Waals surface area contributed by atoms with Gasteiger partial charge >= 0.3 is 0 Å². The first kappa shape index (κ1) is 15.7. The smallest absolute Gasteiger partial charge is 0.246 e. The second kappa shape index (κ2) is 5.91. The van der Waals surface area contributed by atoms with E-state index in [0.29, 0.717) is 0 Å². The van der Waals surface area contributed by atoms with Crippen LogP contribution in [0.2, 0.25) is 0 Å². The monoisotopic (exact) mass is 325 g/mol. The van der Waals surface area contributed by atoms with E-state index in [1.54, 1.807) is 6.21 Å². The molecule has 0 aromatic heterocycles. The summed E-state index contributed by atoms with van der Waals surface area (Å²) < 4.78 is 0. The molecule has 4 heteroatoms. The number of anilines is 1. The van der Waals surface area contributed by atoms with Gasteiger partial charge < -0.3 is 4.90 Å². The summed E-state index contributed by atoms with van der Waals surface area (Å²) in [7, 11) is 4.05. The highest BCUT2D eigenvalue weighted by Gasteiger charge is 2.54. The van der Waals surface area contributed by atoms with E-state index in [9.17, 15) is 4.79 Å². The SMILES string of the molecule is CN(C)c1ccc(C=NNC(=O)C23CC4CC(CC(C4)C2)C3)cc1. The molecule has 0 radical (unpaired) electrons. The summed E-state index contributed by atoms with van der Waals surface area (Å²) in [6.07, 6.45) is 9.06. The van der Waals surface area contributed by atoms with Crippen LogP contribution in [0.15, 0.2) is 29.4 Å². The maximum atomic E-state index is 12.8. The van der Waals surface area contributed by atoms with Crippen molar-refractivity contribution in [2.45, 2.75) is 38.5 Å². The summed E-state index contributed by atoms with van der Waals surface area (Å²) >= 11 is 0. The second-order valence-electron chi connectivity index (χ2n) is 8.38. The van der Waals surface area contributed by atoms with Gasteiger partial charge in [-0.25, -0.2) is 5.43 Å². The molecule has 4 nitrogen and oxygen atoms in total. The predicted octanol–water partition coefficient (Wildman–Crippen LogP) is 3.42. The van der Waals surface area contributed by atoms with Gasteiger partial charge in [0.1, 0.15) is 0 Å². The Morgan fingerprint density at radius 2 is 1.62 bits per heavy atom. The molecule has 1 N–H and O–H groups in total. The van der Waals surface area contributed by atoms with Crippen LogP contribution in [0.4, 0.5) is 5.69 Å². The van der Waals surface area contributed by atoms with Crippen LogP contribution in [0, 0.1) is 23.2 Å². The molecule has 0 spiro atoms. The Kier molecular flexibility index (Phi) is 3.86. The Morgan fingerprint density at radius 3 is 2.12 bits per heavy atom. The van der Waals surface area contributed by atoms with Crippen molar-refractivity contribution in [2.24, 2.45) is 28.3 Å². The largest absolute Gasteiger partial charge is 0.378 e. The predicted molar refractivity (Wildman–Crippen MR) is 97.1 cm³/mol. The number of hydrogen-bond acceptors (Lipinski definition) is 3. The molecular weight excluding hydrogens is 298 g/mol. The number of nitrogens with one attached hydrogen (secondary N) is 1. The van der Waals surface area contributed by atoms with Gasteiger partial charge in [0.05, 0.1) is 11.6 Å². The van der Waals surface area contributed by atoms with E-state index in [-0.39, 0.29) is 11.3 Å². The molecule has 4 fully saturated rings. The maximum Gasteiger partial charge on any atom is 0.246 e. The van der Waals surface area contributed by atoms with Gasteiger partial charge in [0, 0.05) is 19.8 Å². The molecule has 4 aliphatic rings. The summed E-state index contributed by atoms with van der Waals surface area (Å²) in [5.74, 6) is 2.50. The van der Waals surface area contributed by atoms with E-state index in [0.717, 1.165) is 48.3 Å². The molecule has 128 valence electrons. The first-order valence-electron chi connectivity index (χ1n) is 9.15. The van der Waals surface area contributed by atoms with Gasteiger partial charge in [-0.05, 0) is 74.0 Å². The third-order valence-corrected chi connectivity index (χ3v) is 6.31. The molecule has 5 rings (SSSR count). The number of hydrazone groups is 1.